The van der Waals surface area contributed by atoms with E-state index in [4.69, 9.17) is 4.74 Å². The van der Waals surface area contributed by atoms with Crippen molar-refractivity contribution in [3.63, 3.8) is 0 Å². The van der Waals surface area contributed by atoms with Crippen molar-refractivity contribution >= 4 is 11.8 Å². The molecule has 0 aliphatic heterocycles. The van der Waals surface area contributed by atoms with Gasteiger partial charge >= 0.3 is 6.09 Å². The summed E-state index contributed by atoms with van der Waals surface area (Å²) in [7, 11) is 6.22. The zero-order valence-corrected chi connectivity index (χ0v) is 15.5. The van der Waals surface area contributed by atoms with Gasteiger partial charge in [-0.2, -0.15) is 0 Å². The maximum absolute atomic E-state index is 11.8. The quantitative estimate of drug-likeness (QED) is 0.873. The smallest absolute Gasteiger partial charge is 0.408 e. The van der Waals surface area contributed by atoms with E-state index >= 15 is 0 Å². The van der Waals surface area contributed by atoms with Gasteiger partial charge in [0.1, 0.15) is 5.60 Å². The largest absolute Gasteiger partial charge is 0.444 e. The molecular formula is C18H31N3O2. The first kappa shape index (κ1) is 19.3. The number of likely N-dealkylation sites (N-methyl/N-ethyl adjacent to an activating group) is 2. The Morgan fingerprint density at radius 2 is 1.70 bits per heavy atom. The van der Waals surface area contributed by atoms with Gasteiger partial charge in [0.25, 0.3) is 0 Å². The van der Waals surface area contributed by atoms with E-state index in [1.165, 1.54) is 5.69 Å². The Hall–Kier alpha value is -1.75. The minimum Gasteiger partial charge on any atom is -0.444 e. The standard InChI is InChI=1S/C18H31N3O2/c1-14(19-17(22)23-18(2,3)4)15-8-10-16(11-9-15)21(7)13-12-20(5)6/h8-11,14H,12-13H2,1-7H3,(H,19,22)/t14-/m0/s1. The lowest BCUT2D eigenvalue weighted by molar-refractivity contribution is 0.0508. The number of carbonyl (C=O) groups excluding carboxylic acids is 1. The Bertz CT molecular complexity index is 492. The van der Waals surface area contributed by atoms with Crippen molar-refractivity contribution in [2.24, 2.45) is 0 Å². The van der Waals surface area contributed by atoms with Gasteiger partial charge in [0.05, 0.1) is 6.04 Å². The number of nitrogens with one attached hydrogen (secondary N) is 1. The zero-order valence-electron chi connectivity index (χ0n) is 15.5. The maximum Gasteiger partial charge on any atom is 0.408 e. The second kappa shape index (κ2) is 8.20. The summed E-state index contributed by atoms with van der Waals surface area (Å²) < 4.78 is 5.28. The van der Waals surface area contributed by atoms with Crippen LogP contribution in [0.25, 0.3) is 0 Å². The zero-order chi connectivity index (χ0) is 17.6. The predicted molar refractivity (Wildman–Crippen MR) is 96.1 cm³/mol. The lowest BCUT2D eigenvalue weighted by Gasteiger charge is -2.23. The summed E-state index contributed by atoms with van der Waals surface area (Å²) >= 11 is 0. The maximum atomic E-state index is 11.8. The number of ether oxygens (including phenoxy) is 1. The first-order valence-corrected chi connectivity index (χ1v) is 8.04. The molecule has 1 amide bonds. The molecule has 0 fully saturated rings. The lowest BCUT2D eigenvalue weighted by atomic mass is 10.1. The molecule has 0 radical (unpaired) electrons. The molecule has 5 nitrogen and oxygen atoms in total. The third kappa shape index (κ3) is 7.37. The van der Waals surface area contributed by atoms with Gasteiger partial charge < -0.3 is 19.9 Å². The topological polar surface area (TPSA) is 44.8 Å². The number of rotatable bonds is 6. The van der Waals surface area contributed by atoms with E-state index in [1.54, 1.807) is 0 Å². The van der Waals surface area contributed by atoms with Gasteiger partial charge in [0.2, 0.25) is 0 Å². The summed E-state index contributed by atoms with van der Waals surface area (Å²) in [6, 6.07) is 8.16. The molecule has 0 heterocycles. The normalized spacial score (nSPS) is 12.9. The molecule has 0 spiro atoms. The van der Waals surface area contributed by atoms with Crippen LogP contribution in [-0.2, 0) is 4.74 Å². The van der Waals surface area contributed by atoms with Crippen LogP contribution in [0, 0.1) is 0 Å². The number of carbonyl (C=O) groups is 1. The highest BCUT2D eigenvalue weighted by Gasteiger charge is 2.18. The average molecular weight is 321 g/mol. The van der Waals surface area contributed by atoms with E-state index in [0.29, 0.717) is 0 Å². The number of hydrogen-bond acceptors (Lipinski definition) is 4. The van der Waals surface area contributed by atoms with Crippen LogP contribution in [0.2, 0.25) is 0 Å². The molecule has 1 atom stereocenters. The van der Waals surface area contributed by atoms with Crippen LogP contribution in [0.1, 0.15) is 39.3 Å². The SMILES string of the molecule is C[C@H](NC(=O)OC(C)(C)C)c1ccc(N(C)CCN(C)C)cc1. The molecule has 130 valence electrons. The highest BCUT2D eigenvalue weighted by Crippen LogP contribution is 2.19. The van der Waals surface area contributed by atoms with E-state index in [-0.39, 0.29) is 6.04 Å². The molecule has 0 saturated heterocycles. The number of hydrogen-bond donors (Lipinski definition) is 1. The van der Waals surface area contributed by atoms with E-state index < -0.39 is 11.7 Å². The van der Waals surface area contributed by atoms with Crippen molar-refractivity contribution < 1.29 is 9.53 Å². The average Bonchev–Trinajstić information content (AvgIpc) is 2.42. The summed E-state index contributed by atoms with van der Waals surface area (Å²) in [6.45, 7) is 9.50. The molecule has 0 bridgehead atoms. The summed E-state index contributed by atoms with van der Waals surface area (Å²) in [5.41, 5.74) is 1.74. The van der Waals surface area contributed by atoms with Gasteiger partial charge in [-0.3, -0.25) is 0 Å². The van der Waals surface area contributed by atoms with Gasteiger partial charge in [-0.05, 0) is 59.5 Å². The molecule has 0 aliphatic rings. The second-order valence-electron chi connectivity index (χ2n) is 7.18. The molecule has 1 N–H and O–H groups in total. The van der Waals surface area contributed by atoms with Crippen molar-refractivity contribution in [1.82, 2.24) is 10.2 Å². The highest BCUT2D eigenvalue weighted by atomic mass is 16.6. The van der Waals surface area contributed by atoms with E-state index in [0.717, 1.165) is 18.7 Å². The Kier molecular flexibility index (Phi) is 6.88. The Balaban J connectivity index is 2.60. The summed E-state index contributed by atoms with van der Waals surface area (Å²) in [5.74, 6) is 0. The van der Waals surface area contributed by atoms with Crippen LogP contribution in [-0.4, -0.2) is 50.8 Å². The van der Waals surface area contributed by atoms with Crippen LogP contribution < -0.4 is 10.2 Å². The number of anilines is 1. The van der Waals surface area contributed by atoms with Gasteiger partial charge in [0.15, 0.2) is 0 Å². The van der Waals surface area contributed by atoms with Crippen molar-refractivity contribution in [3.05, 3.63) is 29.8 Å². The van der Waals surface area contributed by atoms with Crippen molar-refractivity contribution in [2.75, 3.05) is 39.1 Å². The molecule has 1 aromatic carbocycles. The number of alkyl carbamates (subject to hydrolysis) is 1. The number of benzene rings is 1. The third-order valence-electron chi connectivity index (χ3n) is 3.45. The molecule has 0 aromatic heterocycles. The van der Waals surface area contributed by atoms with Crippen LogP contribution in [0.15, 0.2) is 24.3 Å². The van der Waals surface area contributed by atoms with Crippen LogP contribution in [0.4, 0.5) is 10.5 Å². The summed E-state index contributed by atoms with van der Waals surface area (Å²) in [6.07, 6.45) is -0.392. The Morgan fingerprint density at radius 1 is 1.13 bits per heavy atom. The minimum absolute atomic E-state index is 0.0917. The molecule has 1 rings (SSSR count). The molecule has 23 heavy (non-hydrogen) atoms. The van der Waals surface area contributed by atoms with Crippen LogP contribution in [0.5, 0.6) is 0 Å². The third-order valence-corrected chi connectivity index (χ3v) is 3.45. The first-order valence-electron chi connectivity index (χ1n) is 8.04. The number of nitrogens with zero attached hydrogens (tertiary/aromatic N) is 2. The fourth-order valence-corrected chi connectivity index (χ4v) is 2.06. The van der Waals surface area contributed by atoms with Gasteiger partial charge in [-0.15, -0.1) is 0 Å². The fraction of sp³-hybridized carbons (Fsp3) is 0.611. The fourth-order valence-electron chi connectivity index (χ4n) is 2.06. The van der Waals surface area contributed by atoms with Crippen molar-refractivity contribution in [2.45, 2.75) is 39.3 Å². The Morgan fingerprint density at radius 3 is 2.17 bits per heavy atom. The minimum atomic E-state index is -0.483. The first-order chi connectivity index (χ1) is 10.6. The van der Waals surface area contributed by atoms with E-state index in [9.17, 15) is 4.79 Å². The molecule has 1 aromatic rings. The highest BCUT2D eigenvalue weighted by molar-refractivity contribution is 5.68. The summed E-state index contributed by atoms with van der Waals surface area (Å²) in [5, 5.41) is 2.86. The van der Waals surface area contributed by atoms with Gasteiger partial charge in [-0.25, -0.2) is 4.79 Å². The van der Waals surface area contributed by atoms with Crippen LogP contribution in [0.3, 0.4) is 0 Å². The van der Waals surface area contributed by atoms with Gasteiger partial charge in [-0.1, -0.05) is 12.1 Å². The molecule has 0 aliphatic carbocycles. The van der Waals surface area contributed by atoms with E-state index in [1.807, 2.05) is 39.8 Å². The van der Waals surface area contributed by atoms with Crippen molar-refractivity contribution in [3.8, 4) is 0 Å². The Labute approximate surface area is 140 Å². The molecule has 0 saturated carbocycles. The summed E-state index contributed by atoms with van der Waals surface area (Å²) in [4.78, 5) is 16.2. The lowest BCUT2D eigenvalue weighted by Crippen LogP contribution is -2.34. The van der Waals surface area contributed by atoms with E-state index in [2.05, 4.69) is 48.4 Å². The van der Waals surface area contributed by atoms with Crippen LogP contribution >= 0.6 is 0 Å². The van der Waals surface area contributed by atoms with Gasteiger partial charge in [0, 0.05) is 25.8 Å². The molecule has 5 heteroatoms. The predicted octanol–water partition coefficient (Wildman–Crippen LogP) is 3.27. The van der Waals surface area contributed by atoms with Crippen molar-refractivity contribution in [1.29, 1.82) is 0 Å². The number of amides is 1. The second-order valence-corrected chi connectivity index (χ2v) is 7.18. The monoisotopic (exact) mass is 321 g/mol. The molecular weight excluding hydrogens is 290 g/mol. The molecule has 0 unspecified atom stereocenters.